The van der Waals surface area contributed by atoms with Gasteiger partial charge in [0.2, 0.25) is 0 Å². The normalized spacial score (nSPS) is 22.9. The van der Waals surface area contributed by atoms with Crippen LogP contribution in [0, 0.1) is 0 Å². The highest BCUT2D eigenvalue weighted by Gasteiger charge is 2.32. The van der Waals surface area contributed by atoms with Crippen LogP contribution in [0.25, 0.3) is 0 Å². The van der Waals surface area contributed by atoms with Crippen LogP contribution in [0.5, 0.6) is 5.75 Å². The lowest BCUT2D eigenvalue weighted by molar-refractivity contribution is -0.0498. The second kappa shape index (κ2) is 12.6. The highest BCUT2D eigenvalue weighted by molar-refractivity contribution is 14.0. The fourth-order valence-corrected chi connectivity index (χ4v) is 3.72. The fraction of sp³-hybridized carbons (Fsp3) is 0.650. The summed E-state index contributed by atoms with van der Waals surface area (Å²) in [6, 6.07) is 6.50. The molecule has 2 saturated heterocycles. The van der Waals surface area contributed by atoms with Crippen molar-refractivity contribution in [2.45, 2.75) is 44.6 Å². The van der Waals surface area contributed by atoms with Crippen LogP contribution in [0.15, 0.2) is 29.3 Å². The molecule has 1 aromatic rings. The van der Waals surface area contributed by atoms with Gasteiger partial charge >= 0.3 is 6.61 Å². The van der Waals surface area contributed by atoms with Crippen molar-refractivity contribution in [2.75, 3.05) is 39.3 Å². The number of hydrogen-bond acceptors (Lipinski definition) is 5. The highest BCUT2D eigenvalue weighted by Crippen LogP contribution is 2.22. The van der Waals surface area contributed by atoms with E-state index in [9.17, 15) is 13.9 Å². The van der Waals surface area contributed by atoms with Crippen molar-refractivity contribution in [3.05, 3.63) is 29.8 Å². The molecule has 0 amide bonds. The van der Waals surface area contributed by atoms with Gasteiger partial charge in [-0.15, -0.1) is 24.0 Å². The molecular weight excluding hydrogens is 509 g/mol. The molecule has 3 unspecified atom stereocenters. The molecular formula is C20H31F2IN4O3. The van der Waals surface area contributed by atoms with Crippen LogP contribution in [-0.2, 0) is 4.74 Å². The molecule has 0 aromatic heterocycles. The van der Waals surface area contributed by atoms with Gasteiger partial charge in [-0.25, -0.2) is 0 Å². The topological polar surface area (TPSA) is 78.4 Å². The molecule has 3 rings (SSSR count). The van der Waals surface area contributed by atoms with E-state index in [1.165, 1.54) is 25.0 Å². The number of nitrogens with zero attached hydrogens (tertiary/aromatic N) is 2. The number of fused-ring (bicyclic) bond motifs is 1. The summed E-state index contributed by atoms with van der Waals surface area (Å²) in [6.07, 6.45) is 1.73. The van der Waals surface area contributed by atoms with Crippen molar-refractivity contribution in [3.63, 3.8) is 0 Å². The van der Waals surface area contributed by atoms with Gasteiger partial charge in [0, 0.05) is 25.7 Å². The molecule has 7 nitrogen and oxygen atoms in total. The smallest absolute Gasteiger partial charge is 0.387 e. The number of guanidine groups is 1. The van der Waals surface area contributed by atoms with Gasteiger partial charge in [0.05, 0.1) is 25.4 Å². The molecule has 10 heteroatoms. The van der Waals surface area contributed by atoms with Gasteiger partial charge in [0.25, 0.3) is 0 Å². The van der Waals surface area contributed by atoms with E-state index in [4.69, 9.17) is 4.74 Å². The van der Waals surface area contributed by atoms with Crippen LogP contribution in [-0.4, -0.2) is 74.1 Å². The van der Waals surface area contributed by atoms with Crippen LogP contribution in [0.1, 0.15) is 31.4 Å². The van der Waals surface area contributed by atoms with Gasteiger partial charge in [0.15, 0.2) is 5.96 Å². The third kappa shape index (κ3) is 7.47. The standard InChI is InChI=1S/C20H30F2N4O3.HI/c1-2-23-20(24-10-17-12-26-9-3-4-15(26)13-28-17)25-11-18(27)14-5-7-16(8-6-14)29-19(21)22;/h5-8,15,17-19,27H,2-4,9-13H2,1H3,(H2,23,24,25);1H. The van der Waals surface area contributed by atoms with Crippen LogP contribution in [0.4, 0.5) is 8.78 Å². The number of aliphatic hydroxyl groups is 1. The van der Waals surface area contributed by atoms with Crippen molar-refractivity contribution >= 4 is 29.9 Å². The molecule has 0 spiro atoms. The maximum atomic E-state index is 12.2. The lowest BCUT2D eigenvalue weighted by atomic mass is 10.1. The Morgan fingerprint density at radius 2 is 2.10 bits per heavy atom. The van der Waals surface area contributed by atoms with Crippen LogP contribution >= 0.6 is 24.0 Å². The summed E-state index contributed by atoms with van der Waals surface area (Å²) in [4.78, 5) is 6.93. The van der Waals surface area contributed by atoms with Gasteiger partial charge in [-0.2, -0.15) is 8.78 Å². The Morgan fingerprint density at radius 1 is 1.33 bits per heavy atom. The second-order valence-corrected chi connectivity index (χ2v) is 7.31. The van der Waals surface area contributed by atoms with Crippen molar-refractivity contribution in [1.29, 1.82) is 0 Å². The van der Waals surface area contributed by atoms with Gasteiger partial charge in [-0.1, -0.05) is 12.1 Å². The fourth-order valence-electron chi connectivity index (χ4n) is 3.72. The van der Waals surface area contributed by atoms with E-state index < -0.39 is 12.7 Å². The monoisotopic (exact) mass is 540 g/mol. The van der Waals surface area contributed by atoms with E-state index in [2.05, 4.69) is 25.3 Å². The minimum absolute atomic E-state index is 0. The van der Waals surface area contributed by atoms with Crippen LogP contribution in [0.3, 0.4) is 0 Å². The first-order valence-electron chi connectivity index (χ1n) is 10.2. The van der Waals surface area contributed by atoms with E-state index in [1.807, 2.05) is 6.92 Å². The molecule has 2 aliphatic heterocycles. The van der Waals surface area contributed by atoms with Crippen molar-refractivity contribution in [1.82, 2.24) is 15.5 Å². The zero-order chi connectivity index (χ0) is 20.6. The number of aliphatic hydroxyl groups excluding tert-OH is 1. The van der Waals surface area contributed by atoms with E-state index in [1.54, 1.807) is 12.1 Å². The maximum absolute atomic E-state index is 12.2. The van der Waals surface area contributed by atoms with E-state index in [0.717, 1.165) is 19.7 Å². The SMILES string of the molecule is CCNC(=NCC(O)c1ccc(OC(F)F)cc1)NCC1CN2CCCC2CO1.I. The molecule has 2 fully saturated rings. The predicted octanol–water partition coefficient (Wildman–Crippen LogP) is 2.36. The average molecular weight is 540 g/mol. The number of nitrogens with one attached hydrogen (secondary N) is 2. The summed E-state index contributed by atoms with van der Waals surface area (Å²) in [7, 11) is 0. The van der Waals surface area contributed by atoms with Gasteiger partial charge in [0.1, 0.15) is 5.75 Å². The van der Waals surface area contributed by atoms with E-state index in [0.29, 0.717) is 30.7 Å². The third-order valence-electron chi connectivity index (χ3n) is 5.22. The van der Waals surface area contributed by atoms with Crippen molar-refractivity contribution in [2.24, 2.45) is 4.99 Å². The molecule has 0 bridgehead atoms. The summed E-state index contributed by atoms with van der Waals surface area (Å²) in [5.41, 5.74) is 0.585. The Bertz CT molecular complexity index is 666. The first-order valence-corrected chi connectivity index (χ1v) is 10.2. The quantitative estimate of drug-likeness (QED) is 0.267. The number of benzene rings is 1. The average Bonchev–Trinajstić information content (AvgIpc) is 3.18. The Balaban J connectivity index is 0.00000320. The highest BCUT2D eigenvalue weighted by atomic mass is 127. The summed E-state index contributed by atoms with van der Waals surface area (Å²) >= 11 is 0. The number of hydrogen-bond donors (Lipinski definition) is 3. The Labute approximate surface area is 193 Å². The zero-order valence-electron chi connectivity index (χ0n) is 17.1. The summed E-state index contributed by atoms with van der Waals surface area (Å²) in [5.74, 6) is 0.665. The summed E-state index contributed by atoms with van der Waals surface area (Å²) in [5, 5.41) is 16.8. The first kappa shape index (κ1) is 25.0. The molecule has 0 saturated carbocycles. The number of ether oxygens (including phenoxy) is 2. The lowest BCUT2D eigenvalue weighted by Crippen LogP contribution is -2.51. The molecule has 30 heavy (non-hydrogen) atoms. The van der Waals surface area contributed by atoms with Gasteiger partial charge in [-0.3, -0.25) is 9.89 Å². The Morgan fingerprint density at radius 3 is 2.80 bits per heavy atom. The minimum atomic E-state index is -2.87. The number of halogens is 3. The lowest BCUT2D eigenvalue weighted by Gasteiger charge is -2.35. The van der Waals surface area contributed by atoms with E-state index >= 15 is 0 Å². The number of rotatable bonds is 8. The molecule has 0 aliphatic carbocycles. The summed E-state index contributed by atoms with van der Waals surface area (Å²) < 4.78 is 34.7. The largest absolute Gasteiger partial charge is 0.435 e. The van der Waals surface area contributed by atoms with Crippen LogP contribution < -0.4 is 15.4 Å². The Kier molecular flexibility index (Phi) is 10.5. The number of alkyl halides is 2. The first-order chi connectivity index (χ1) is 14.0. The molecule has 1 aromatic carbocycles. The molecule has 0 radical (unpaired) electrons. The van der Waals surface area contributed by atoms with E-state index in [-0.39, 0.29) is 42.4 Å². The molecule has 2 heterocycles. The second-order valence-electron chi connectivity index (χ2n) is 7.31. The molecule has 2 aliphatic rings. The number of morpholine rings is 1. The predicted molar refractivity (Wildman–Crippen MR) is 122 cm³/mol. The molecule has 3 atom stereocenters. The summed E-state index contributed by atoms with van der Waals surface area (Å²) in [6.45, 7) is 3.44. The maximum Gasteiger partial charge on any atom is 0.387 e. The van der Waals surface area contributed by atoms with Crippen molar-refractivity contribution in [3.8, 4) is 5.75 Å². The Hall–Kier alpha value is -1.24. The minimum Gasteiger partial charge on any atom is -0.435 e. The van der Waals surface area contributed by atoms with Gasteiger partial charge < -0.3 is 25.2 Å². The third-order valence-corrected chi connectivity index (χ3v) is 5.22. The molecule has 3 N–H and O–H groups in total. The van der Waals surface area contributed by atoms with Crippen molar-refractivity contribution < 1.29 is 23.4 Å². The zero-order valence-corrected chi connectivity index (χ0v) is 19.4. The van der Waals surface area contributed by atoms with Crippen LogP contribution in [0.2, 0.25) is 0 Å². The number of aliphatic imine (C=N–C) groups is 1. The van der Waals surface area contributed by atoms with Gasteiger partial charge in [-0.05, 0) is 44.0 Å². The molecule has 170 valence electrons.